The summed E-state index contributed by atoms with van der Waals surface area (Å²) in [4.78, 5) is -0.702. The fraction of sp³-hybridized carbons (Fsp3) is 0.333. The molecule has 1 aromatic heterocycles. The van der Waals surface area contributed by atoms with E-state index in [0.717, 1.165) is 13.2 Å². The molecule has 14 heavy (non-hydrogen) atoms. The Morgan fingerprint density at radius 1 is 1.29 bits per heavy atom. The van der Waals surface area contributed by atoms with Gasteiger partial charge in [0.15, 0.2) is 4.90 Å². The summed E-state index contributed by atoms with van der Waals surface area (Å²) in [6.07, 6.45) is 0. The Morgan fingerprint density at radius 3 is 2.36 bits per heavy atom. The van der Waals surface area contributed by atoms with E-state index in [1.165, 1.54) is 7.11 Å². The van der Waals surface area contributed by atoms with Gasteiger partial charge < -0.3 is 9.47 Å². The molecule has 0 atom stereocenters. The Kier molecular flexibility index (Phi) is 2.84. The molecule has 0 aliphatic carbocycles. The summed E-state index contributed by atoms with van der Waals surface area (Å²) < 4.78 is 43.0. The standard InChI is InChI=1S/C6H7FN2O4S/c1-12-5-3-4(14(7,10)11)6(13-2)9-8-5/h3H,1-2H3. The molecule has 0 saturated heterocycles. The highest BCUT2D eigenvalue weighted by molar-refractivity contribution is 7.86. The van der Waals surface area contributed by atoms with Crippen molar-refractivity contribution in [1.82, 2.24) is 10.2 Å². The molecule has 0 aromatic carbocycles. The molecule has 0 N–H and O–H groups in total. The lowest BCUT2D eigenvalue weighted by Crippen LogP contribution is -2.02. The van der Waals surface area contributed by atoms with Gasteiger partial charge in [0.2, 0.25) is 5.88 Å². The monoisotopic (exact) mass is 222 g/mol. The first-order valence-corrected chi connectivity index (χ1v) is 4.77. The molecule has 0 amide bonds. The average Bonchev–Trinajstić information content (AvgIpc) is 2.15. The quantitative estimate of drug-likeness (QED) is 0.677. The van der Waals surface area contributed by atoms with Crippen LogP contribution in [0.1, 0.15) is 0 Å². The summed E-state index contributed by atoms with van der Waals surface area (Å²) in [6, 6.07) is 0.890. The summed E-state index contributed by atoms with van der Waals surface area (Å²) in [5.74, 6) is -0.518. The van der Waals surface area contributed by atoms with Crippen LogP contribution in [0.3, 0.4) is 0 Å². The van der Waals surface area contributed by atoms with Crippen LogP contribution in [0.25, 0.3) is 0 Å². The first-order chi connectivity index (χ1) is 6.49. The molecule has 0 radical (unpaired) electrons. The van der Waals surface area contributed by atoms with Gasteiger partial charge in [0.1, 0.15) is 0 Å². The number of halogens is 1. The van der Waals surface area contributed by atoms with Gasteiger partial charge in [-0.3, -0.25) is 0 Å². The van der Waals surface area contributed by atoms with Crippen LogP contribution in [0, 0.1) is 0 Å². The van der Waals surface area contributed by atoms with Gasteiger partial charge in [0.25, 0.3) is 5.88 Å². The van der Waals surface area contributed by atoms with Gasteiger partial charge >= 0.3 is 10.2 Å². The third-order valence-electron chi connectivity index (χ3n) is 1.37. The van der Waals surface area contributed by atoms with Crippen molar-refractivity contribution in [3.63, 3.8) is 0 Å². The largest absolute Gasteiger partial charge is 0.480 e. The predicted molar refractivity (Wildman–Crippen MR) is 43.4 cm³/mol. The van der Waals surface area contributed by atoms with Gasteiger partial charge in [-0.15, -0.1) is 14.1 Å². The van der Waals surface area contributed by atoms with Crippen LogP contribution in [0.4, 0.5) is 3.89 Å². The number of methoxy groups -OCH3 is 2. The zero-order chi connectivity index (χ0) is 10.8. The summed E-state index contributed by atoms with van der Waals surface area (Å²) in [5, 5.41) is 6.73. The van der Waals surface area contributed by atoms with Crippen molar-refractivity contribution in [2.45, 2.75) is 4.90 Å². The van der Waals surface area contributed by atoms with Crippen molar-refractivity contribution in [1.29, 1.82) is 0 Å². The van der Waals surface area contributed by atoms with Crippen LogP contribution in [-0.2, 0) is 10.2 Å². The predicted octanol–water partition coefficient (Wildman–Crippen LogP) is 0.152. The fourth-order valence-corrected chi connectivity index (χ4v) is 1.34. The van der Waals surface area contributed by atoms with Crippen molar-refractivity contribution in [3.05, 3.63) is 6.07 Å². The average molecular weight is 222 g/mol. The third-order valence-corrected chi connectivity index (χ3v) is 2.19. The van der Waals surface area contributed by atoms with E-state index in [1.807, 2.05) is 0 Å². The SMILES string of the molecule is COc1cc(S(=O)(=O)F)c(OC)nn1. The fourth-order valence-electron chi connectivity index (χ4n) is 0.763. The minimum atomic E-state index is -4.89. The van der Waals surface area contributed by atoms with Gasteiger partial charge in [-0.2, -0.15) is 8.42 Å². The first-order valence-electron chi connectivity index (χ1n) is 3.39. The minimum Gasteiger partial charge on any atom is -0.480 e. The van der Waals surface area contributed by atoms with E-state index >= 15 is 0 Å². The zero-order valence-corrected chi connectivity index (χ0v) is 8.21. The van der Waals surface area contributed by atoms with Gasteiger partial charge in [-0.05, 0) is 0 Å². The number of hydrogen-bond acceptors (Lipinski definition) is 6. The second-order valence-corrected chi connectivity index (χ2v) is 3.51. The van der Waals surface area contributed by atoms with Gasteiger partial charge in [0, 0.05) is 6.07 Å². The molecule has 6 nitrogen and oxygen atoms in total. The second-order valence-electron chi connectivity index (χ2n) is 2.20. The number of ether oxygens (including phenoxy) is 2. The maximum Gasteiger partial charge on any atom is 0.337 e. The molecule has 0 saturated carbocycles. The molecule has 0 aliphatic rings. The molecule has 0 bridgehead atoms. The topological polar surface area (TPSA) is 78.4 Å². The highest BCUT2D eigenvalue weighted by Gasteiger charge is 2.21. The summed E-state index contributed by atoms with van der Waals surface area (Å²) >= 11 is 0. The Hall–Kier alpha value is -1.44. The van der Waals surface area contributed by atoms with Gasteiger partial charge in [0.05, 0.1) is 14.2 Å². The van der Waals surface area contributed by atoms with Crippen molar-refractivity contribution in [3.8, 4) is 11.8 Å². The van der Waals surface area contributed by atoms with E-state index in [9.17, 15) is 12.3 Å². The van der Waals surface area contributed by atoms with E-state index in [0.29, 0.717) is 0 Å². The molecule has 0 spiro atoms. The normalized spacial score (nSPS) is 11.1. The number of hydrogen-bond donors (Lipinski definition) is 0. The molecule has 0 aliphatic heterocycles. The third kappa shape index (κ3) is 2.08. The molecular formula is C6H7FN2O4S. The van der Waals surface area contributed by atoms with Gasteiger partial charge in [-0.25, -0.2) is 0 Å². The minimum absolute atomic E-state index is 0.109. The van der Waals surface area contributed by atoms with Crippen molar-refractivity contribution in [2.75, 3.05) is 14.2 Å². The molecule has 0 fully saturated rings. The van der Waals surface area contributed by atoms with Crippen LogP contribution in [-0.4, -0.2) is 32.8 Å². The van der Waals surface area contributed by atoms with Crippen molar-refractivity contribution in [2.24, 2.45) is 0 Å². The van der Waals surface area contributed by atoms with Gasteiger partial charge in [-0.1, -0.05) is 0 Å². The molecule has 8 heteroatoms. The van der Waals surface area contributed by atoms with Crippen molar-refractivity contribution >= 4 is 10.2 Å². The molecule has 0 unspecified atom stereocenters. The molecule has 78 valence electrons. The van der Waals surface area contributed by atoms with E-state index in [-0.39, 0.29) is 5.88 Å². The Morgan fingerprint density at radius 2 is 1.93 bits per heavy atom. The lowest BCUT2D eigenvalue weighted by molar-refractivity contribution is 0.355. The number of aromatic nitrogens is 2. The van der Waals surface area contributed by atoms with Crippen LogP contribution < -0.4 is 9.47 Å². The van der Waals surface area contributed by atoms with E-state index in [2.05, 4.69) is 19.7 Å². The highest BCUT2D eigenvalue weighted by Crippen LogP contribution is 2.24. The Balaban J connectivity index is 3.37. The number of nitrogens with zero attached hydrogens (tertiary/aromatic N) is 2. The number of rotatable bonds is 3. The summed E-state index contributed by atoms with van der Waals surface area (Å²) in [5.41, 5.74) is 0. The summed E-state index contributed by atoms with van der Waals surface area (Å²) in [6.45, 7) is 0. The smallest absolute Gasteiger partial charge is 0.337 e. The Bertz CT molecular complexity index is 433. The lowest BCUT2D eigenvalue weighted by Gasteiger charge is -2.03. The van der Waals surface area contributed by atoms with E-state index in [4.69, 9.17) is 0 Å². The van der Waals surface area contributed by atoms with Crippen LogP contribution in [0.2, 0.25) is 0 Å². The van der Waals surface area contributed by atoms with Crippen LogP contribution >= 0.6 is 0 Å². The highest BCUT2D eigenvalue weighted by atomic mass is 32.3. The first kappa shape index (κ1) is 10.6. The maximum atomic E-state index is 12.7. The second kappa shape index (κ2) is 3.74. The lowest BCUT2D eigenvalue weighted by atomic mass is 10.5. The Labute approximate surface area is 79.9 Å². The maximum absolute atomic E-state index is 12.7. The molecule has 1 heterocycles. The molecule has 1 aromatic rings. The zero-order valence-electron chi connectivity index (χ0n) is 7.39. The van der Waals surface area contributed by atoms with E-state index < -0.39 is 21.0 Å². The summed E-state index contributed by atoms with van der Waals surface area (Å²) in [7, 11) is -2.47. The van der Waals surface area contributed by atoms with Crippen LogP contribution in [0.5, 0.6) is 11.8 Å². The van der Waals surface area contributed by atoms with E-state index in [1.54, 1.807) is 0 Å². The van der Waals surface area contributed by atoms with Crippen LogP contribution in [0.15, 0.2) is 11.0 Å². The molecule has 1 rings (SSSR count). The van der Waals surface area contributed by atoms with Crippen molar-refractivity contribution < 1.29 is 21.8 Å². The molecular weight excluding hydrogens is 215 g/mol.